The molecule has 0 aliphatic carbocycles. The zero-order valence-corrected chi connectivity index (χ0v) is 7.15. The van der Waals surface area contributed by atoms with Gasteiger partial charge in [-0.25, -0.2) is 0 Å². The molecule has 3 radical (unpaired) electrons. The van der Waals surface area contributed by atoms with Crippen molar-refractivity contribution in [1.82, 2.24) is 0 Å². The van der Waals surface area contributed by atoms with Gasteiger partial charge >= 0.3 is 62.1 Å². The Morgan fingerprint density at radius 1 is 1.12 bits per heavy atom. The zero-order valence-electron chi connectivity index (χ0n) is 4.29. The summed E-state index contributed by atoms with van der Waals surface area (Å²) >= 11 is 1.09. The molecule has 0 amide bonds. The fourth-order valence-electron chi connectivity index (χ4n) is 0.489. The molecule has 1 rings (SSSR count). The van der Waals surface area contributed by atoms with Gasteiger partial charge < -0.3 is 0 Å². The Labute approximate surface area is 62.3 Å². The molecule has 0 spiro atoms. The van der Waals surface area contributed by atoms with Crippen LogP contribution in [0, 0.1) is 0 Å². The van der Waals surface area contributed by atoms with Crippen LogP contribution in [-0.4, -0.2) is 22.9 Å². The summed E-state index contributed by atoms with van der Waals surface area (Å²) in [6.07, 6.45) is 0. The van der Waals surface area contributed by atoms with Gasteiger partial charge in [0.25, 0.3) is 0 Å². The van der Waals surface area contributed by atoms with Gasteiger partial charge in [0.1, 0.15) is 0 Å². The van der Waals surface area contributed by atoms with Crippen molar-refractivity contribution in [2.45, 2.75) is 0 Å². The van der Waals surface area contributed by atoms with Crippen molar-refractivity contribution in [2.24, 2.45) is 0 Å². The number of hydrogen-bond acceptors (Lipinski definition) is 1. The SMILES string of the molecule is [Sn][O]c1ccccc1. The Hall–Kier alpha value is -0.181. The average Bonchev–Trinajstić information content (AvgIpc) is 1.90. The van der Waals surface area contributed by atoms with Gasteiger partial charge in [0.05, 0.1) is 0 Å². The molecule has 0 heterocycles. The molecule has 8 heavy (non-hydrogen) atoms. The van der Waals surface area contributed by atoms with Gasteiger partial charge in [-0.3, -0.25) is 0 Å². The second kappa shape index (κ2) is 2.97. The van der Waals surface area contributed by atoms with Gasteiger partial charge in [0.15, 0.2) is 0 Å². The average molecular weight is 212 g/mol. The summed E-state index contributed by atoms with van der Waals surface area (Å²) in [7, 11) is 0. The first-order valence-corrected chi connectivity index (χ1v) is 3.48. The van der Waals surface area contributed by atoms with Crippen LogP contribution in [0.4, 0.5) is 0 Å². The van der Waals surface area contributed by atoms with E-state index in [2.05, 4.69) is 0 Å². The van der Waals surface area contributed by atoms with E-state index in [9.17, 15) is 0 Å². The predicted molar refractivity (Wildman–Crippen MR) is 32.8 cm³/mol. The molecule has 1 aromatic rings. The van der Waals surface area contributed by atoms with E-state index in [1.807, 2.05) is 30.3 Å². The monoisotopic (exact) mass is 213 g/mol. The van der Waals surface area contributed by atoms with Crippen molar-refractivity contribution < 1.29 is 3.07 Å². The Balaban J connectivity index is 2.83. The molecule has 0 saturated heterocycles. The molecule has 0 aromatic heterocycles. The Bertz CT molecular complexity index is 150. The van der Waals surface area contributed by atoms with Crippen molar-refractivity contribution in [3.8, 4) is 5.75 Å². The summed E-state index contributed by atoms with van der Waals surface area (Å²) in [4.78, 5) is 0. The van der Waals surface area contributed by atoms with E-state index in [4.69, 9.17) is 3.07 Å². The Morgan fingerprint density at radius 3 is 2.12 bits per heavy atom. The van der Waals surface area contributed by atoms with Crippen molar-refractivity contribution in [2.75, 3.05) is 0 Å². The van der Waals surface area contributed by atoms with Crippen LogP contribution in [0.2, 0.25) is 0 Å². The third kappa shape index (κ3) is 1.40. The van der Waals surface area contributed by atoms with Gasteiger partial charge in [-0.1, -0.05) is 0 Å². The molecular weight excluding hydrogens is 207 g/mol. The van der Waals surface area contributed by atoms with E-state index in [1.165, 1.54) is 0 Å². The molecule has 0 N–H and O–H groups in total. The second-order valence-corrected chi connectivity index (χ2v) is 2.00. The van der Waals surface area contributed by atoms with Crippen molar-refractivity contribution in [3.63, 3.8) is 0 Å². The van der Waals surface area contributed by atoms with Crippen molar-refractivity contribution >= 4 is 22.9 Å². The van der Waals surface area contributed by atoms with E-state index >= 15 is 0 Å². The van der Waals surface area contributed by atoms with E-state index < -0.39 is 0 Å². The fourth-order valence-corrected chi connectivity index (χ4v) is 0.877. The van der Waals surface area contributed by atoms with Gasteiger partial charge in [-0.05, 0) is 0 Å². The number of benzene rings is 1. The molecule has 0 aliphatic rings. The third-order valence-corrected chi connectivity index (χ3v) is 1.53. The number of para-hydroxylation sites is 1. The molecule has 0 bridgehead atoms. The molecule has 0 atom stereocenters. The summed E-state index contributed by atoms with van der Waals surface area (Å²) in [6, 6.07) is 9.76. The van der Waals surface area contributed by atoms with Gasteiger partial charge in [0.2, 0.25) is 0 Å². The van der Waals surface area contributed by atoms with Crippen LogP contribution in [0.15, 0.2) is 30.3 Å². The maximum atomic E-state index is 5.00. The molecule has 0 saturated carbocycles. The predicted octanol–water partition coefficient (Wildman–Crippen LogP) is 1.15. The first-order chi connectivity index (χ1) is 3.93. The van der Waals surface area contributed by atoms with Crippen LogP contribution in [0.3, 0.4) is 0 Å². The second-order valence-electron chi connectivity index (χ2n) is 1.42. The van der Waals surface area contributed by atoms with Crippen LogP contribution >= 0.6 is 0 Å². The molecule has 0 aliphatic heterocycles. The van der Waals surface area contributed by atoms with Crippen LogP contribution in [0.1, 0.15) is 0 Å². The summed E-state index contributed by atoms with van der Waals surface area (Å²) in [5, 5.41) is 0. The molecule has 1 nitrogen and oxygen atoms in total. The first kappa shape index (κ1) is 5.95. The molecule has 0 fully saturated rings. The van der Waals surface area contributed by atoms with Gasteiger partial charge in [-0.2, -0.15) is 0 Å². The standard InChI is InChI=1S/C6H6O.Sn/c7-6-4-2-1-3-5-6;/h1-5,7H;/q;+1/p-1. The number of hydrogen-bond donors (Lipinski definition) is 0. The maximum absolute atomic E-state index is 5.00. The van der Waals surface area contributed by atoms with Gasteiger partial charge in [-0.15, -0.1) is 0 Å². The topological polar surface area (TPSA) is 9.23 Å². The van der Waals surface area contributed by atoms with Crippen molar-refractivity contribution in [3.05, 3.63) is 30.3 Å². The molecule has 2 heteroatoms. The van der Waals surface area contributed by atoms with E-state index in [0.29, 0.717) is 0 Å². The minimum absolute atomic E-state index is 0.950. The van der Waals surface area contributed by atoms with Gasteiger partial charge in [0, 0.05) is 0 Å². The van der Waals surface area contributed by atoms with Crippen molar-refractivity contribution in [1.29, 1.82) is 0 Å². The Morgan fingerprint density at radius 2 is 1.75 bits per heavy atom. The molecule has 0 unspecified atom stereocenters. The normalized spacial score (nSPS) is 8.62. The van der Waals surface area contributed by atoms with E-state index in [-0.39, 0.29) is 0 Å². The summed E-state index contributed by atoms with van der Waals surface area (Å²) in [5.41, 5.74) is 0. The molecule has 1 aromatic carbocycles. The third-order valence-electron chi connectivity index (χ3n) is 0.861. The first-order valence-electron chi connectivity index (χ1n) is 2.32. The van der Waals surface area contributed by atoms with E-state index in [0.717, 1.165) is 28.7 Å². The summed E-state index contributed by atoms with van der Waals surface area (Å²) in [5.74, 6) is 0.950. The molecular formula is C6H5OSn. The summed E-state index contributed by atoms with van der Waals surface area (Å²) < 4.78 is 5.00. The fraction of sp³-hybridized carbons (Fsp3) is 0. The number of rotatable bonds is 1. The molecule has 39 valence electrons. The zero-order chi connectivity index (χ0) is 5.82. The van der Waals surface area contributed by atoms with Crippen LogP contribution in [0.25, 0.3) is 0 Å². The van der Waals surface area contributed by atoms with Crippen LogP contribution in [-0.2, 0) is 0 Å². The summed E-state index contributed by atoms with van der Waals surface area (Å²) in [6.45, 7) is 0. The Kier molecular flexibility index (Phi) is 2.21. The quantitative estimate of drug-likeness (QED) is 0.634. The van der Waals surface area contributed by atoms with Crippen LogP contribution < -0.4 is 3.07 Å². The van der Waals surface area contributed by atoms with E-state index in [1.54, 1.807) is 0 Å². The minimum atomic E-state index is 0.950. The van der Waals surface area contributed by atoms with Crippen LogP contribution in [0.5, 0.6) is 5.75 Å².